The van der Waals surface area contributed by atoms with Crippen molar-refractivity contribution in [1.82, 2.24) is 0 Å². The highest BCUT2D eigenvalue weighted by molar-refractivity contribution is 5.26. The summed E-state index contributed by atoms with van der Waals surface area (Å²) in [5.41, 5.74) is 0.898. The second-order valence-corrected chi connectivity index (χ2v) is 3.63. The Morgan fingerprint density at radius 3 is 2.24 bits per heavy atom. The van der Waals surface area contributed by atoms with Crippen molar-refractivity contribution in [2.75, 3.05) is 20.3 Å². The normalized spacial score (nSPS) is 14.4. The standard InChI is InChI=1S/C12H18O5/c1-16-10-4-2-9(3-5-10)8-17-12(7-14)11(15)6-13/h2-5,11-15H,6-8H2,1H3/t11-,12-/m0/s1. The summed E-state index contributed by atoms with van der Waals surface area (Å²) in [6.45, 7) is -0.516. The summed E-state index contributed by atoms with van der Waals surface area (Å²) >= 11 is 0. The van der Waals surface area contributed by atoms with Gasteiger partial charge < -0.3 is 24.8 Å². The van der Waals surface area contributed by atoms with Crippen LogP contribution in [0.2, 0.25) is 0 Å². The summed E-state index contributed by atoms with van der Waals surface area (Å²) in [7, 11) is 1.59. The zero-order chi connectivity index (χ0) is 12.7. The van der Waals surface area contributed by atoms with Gasteiger partial charge >= 0.3 is 0 Å². The summed E-state index contributed by atoms with van der Waals surface area (Å²) in [6.07, 6.45) is -1.85. The topological polar surface area (TPSA) is 79.2 Å². The number of aliphatic hydroxyl groups excluding tert-OH is 3. The molecule has 0 heterocycles. The molecule has 3 N–H and O–H groups in total. The SMILES string of the molecule is COc1ccc(CO[C@@H](CO)[C@@H](O)CO)cc1. The van der Waals surface area contributed by atoms with Crippen LogP contribution in [-0.4, -0.2) is 47.9 Å². The fourth-order valence-electron chi connectivity index (χ4n) is 1.33. The van der Waals surface area contributed by atoms with E-state index in [0.717, 1.165) is 11.3 Å². The van der Waals surface area contributed by atoms with Crippen LogP contribution in [0.5, 0.6) is 5.75 Å². The summed E-state index contributed by atoms with van der Waals surface area (Å²) in [6, 6.07) is 7.27. The predicted octanol–water partition coefficient (Wildman–Crippen LogP) is -0.0741. The van der Waals surface area contributed by atoms with E-state index in [1.165, 1.54) is 0 Å². The molecule has 0 aliphatic carbocycles. The molecule has 0 unspecified atom stereocenters. The van der Waals surface area contributed by atoms with Crippen molar-refractivity contribution >= 4 is 0 Å². The van der Waals surface area contributed by atoms with E-state index in [1.807, 2.05) is 12.1 Å². The Hall–Kier alpha value is -1.14. The molecule has 2 atom stereocenters. The van der Waals surface area contributed by atoms with Crippen LogP contribution in [0.4, 0.5) is 0 Å². The molecule has 0 bridgehead atoms. The first-order valence-corrected chi connectivity index (χ1v) is 5.35. The molecular weight excluding hydrogens is 224 g/mol. The van der Waals surface area contributed by atoms with Crippen molar-refractivity contribution in [1.29, 1.82) is 0 Å². The maximum atomic E-state index is 9.32. The minimum absolute atomic E-state index is 0.256. The maximum absolute atomic E-state index is 9.32. The average molecular weight is 242 g/mol. The third-order valence-electron chi connectivity index (χ3n) is 2.42. The Morgan fingerprint density at radius 2 is 1.76 bits per heavy atom. The molecule has 0 saturated carbocycles. The van der Waals surface area contributed by atoms with Gasteiger partial charge in [-0.1, -0.05) is 12.1 Å². The third kappa shape index (κ3) is 4.32. The van der Waals surface area contributed by atoms with Gasteiger partial charge in [-0.05, 0) is 17.7 Å². The lowest BCUT2D eigenvalue weighted by Gasteiger charge is -2.19. The van der Waals surface area contributed by atoms with E-state index in [4.69, 9.17) is 19.7 Å². The van der Waals surface area contributed by atoms with Crippen molar-refractivity contribution in [3.63, 3.8) is 0 Å². The average Bonchev–Trinajstić information content (AvgIpc) is 2.39. The summed E-state index contributed by atoms with van der Waals surface area (Å²) in [5.74, 6) is 0.753. The van der Waals surface area contributed by atoms with Gasteiger partial charge in [0.15, 0.2) is 0 Å². The molecule has 0 amide bonds. The van der Waals surface area contributed by atoms with Crippen molar-refractivity contribution in [3.8, 4) is 5.75 Å². The van der Waals surface area contributed by atoms with Gasteiger partial charge in [0.1, 0.15) is 18.0 Å². The van der Waals surface area contributed by atoms with E-state index in [1.54, 1.807) is 19.2 Å². The maximum Gasteiger partial charge on any atom is 0.118 e. The molecule has 1 aromatic rings. The molecule has 0 radical (unpaired) electrons. The number of benzene rings is 1. The largest absolute Gasteiger partial charge is 0.497 e. The van der Waals surface area contributed by atoms with Gasteiger partial charge in [0, 0.05) is 0 Å². The molecule has 0 aliphatic rings. The number of rotatable bonds is 7. The van der Waals surface area contributed by atoms with E-state index in [-0.39, 0.29) is 13.2 Å². The molecule has 0 saturated heterocycles. The number of aliphatic hydroxyl groups is 3. The Labute approximate surface area is 100 Å². The lowest BCUT2D eigenvalue weighted by molar-refractivity contribution is -0.0860. The first-order chi connectivity index (χ1) is 8.21. The monoisotopic (exact) mass is 242 g/mol. The van der Waals surface area contributed by atoms with Crippen LogP contribution in [0.3, 0.4) is 0 Å². The van der Waals surface area contributed by atoms with Gasteiger partial charge in [-0.25, -0.2) is 0 Å². The van der Waals surface area contributed by atoms with Crippen LogP contribution < -0.4 is 4.74 Å². The number of hydrogen-bond acceptors (Lipinski definition) is 5. The van der Waals surface area contributed by atoms with Crippen LogP contribution in [0.25, 0.3) is 0 Å². The van der Waals surface area contributed by atoms with Gasteiger partial charge in [0.2, 0.25) is 0 Å². The molecular formula is C12H18O5. The van der Waals surface area contributed by atoms with E-state index in [0.29, 0.717) is 0 Å². The lowest BCUT2D eigenvalue weighted by atomic mass is 10.2. The molecule has 0 spiro atoms. The number of hydrogen-bond donors (Lipinski definition) is 3. The molecule has 5 nitrogen and oxygen atoms in total. The Kier molecular flexibility index (Phi) is 5.93. The first kappa shape index (κ1) is 13.9. The molecule has 17 heavy (non-hydrogen) atoms. The van der Waals surface area contributed by atoms with Crippen LogP contribution in [0, 0.1) is 0 Å². The highest BCUT2D eigenvalue weighted by atomic mass is 16.5. The minimum Gasteiger partial charge on any atom is -0.497 e. The molecule has 0 aliphatic heterocycles. The number of ether oxygens (including phenoxy) is 2. The Balaban J connectivity index is 2.47. The fraction of sp³-hybridized carbons (Fsp3) is 0.500. The fourth-order valence-corrected chi connectivity index (χ4v) is 1.33. The molecule has 0 aromatic heterocycles. The Bertz CT molecular complexity index is 311. The van der Waals surface area contributed by atoms with Crippen molar-refractivity contribution in [2.45, 2.75) is 18.8 Å². The Morgan fingerprint density at radius 1 is 1.12 bits per heavy atom. The second-order valence-electron chi connectivity index (χ2n) is 3.63. The van der Waals surface area contributed by atoms with Crippen molar-refractivity contribution in [3.05, 3.63) is 29.8 Å². The minimum atomic E-state index is -1.07. The van der Waals surface area contributed by atoms with Gasteiger partial charge in [-0.3, -0.25) is 0 Å². The zero-order valence-corrected chi connectivity index (χ0v) is 9.74. The van der Waals surface area contributed by atoms with Crippen molar-refractivity contribution < 1.29 is 24.8 Å². The molecule has 5 heteroatoms. The third-order valence-corrected chi connectivity index (χ3v) is 2.42. The van der Waals surface area contributed by atoms with Crippen LogP contribution in [-0.2, 0) is 11.3 Å². The van der Waals surface area contributed by atoms with E-state index in [2.05, 4.69) is 0 Å². The van der Waals surface area contributed by atoms with Crippen LogP contribution in [0.1, 0.15) is 5.56 Å². The summed E-state index contributed by atoms with van der Waals surface area (Å²) in [4.78, 5) is 0. The van der Waals surface area contributed by atoms with E-state index >= 15 is 0 Å². The quantitative estimate of drug-likeness (QED) is 0.623. The first-order valence-electron chi connectivity index (χ1n) is 5.35. The molecule has 0 fully saturated rings. The highest BCUT2D eigenvalue weighted by Gasteiger charge is 2.17. The van der Waals surface area contributed by atoms with E-state index in [9.17, 15) is 5.11 Å². The zero-order valence-electron chi connectivity index (χ0n) is 9.74. The summed E-state index contributed by atoms with van der Waals surface area (Å²) in [5, 5.41) is 27.0. The van der Waals surface area contributed by atoms with E-state index < -0.39 is 18.8 Å². The summed E-state index contributed by atoms with van der Waals surface area (Å²) < 4.78 is 10.3. The predicted molar refractivity (Wildman–Crippen MR) is 61.7 cm³/mol. The lowest BCUT2D eigenvalue weighted by Crippen LogP contribution is -2.34. The van der Waals surface area contributed by atoms with Gasteiger partial charge in [0.05, 0.1) is 26.9 Å². The second kappa shape index (κ2) is 7.24. The van der Waals surface area contributed by atoms with Crippen molar-refractivity contribution in [2.24, 2.45) is 0 Å². The van der Waals surface area contributed by atoms with Gasteiger partial charge in [0.25, 0.3) is 0 Å². The smallest absolute Gasteiger partial charge is 0.118 e. The van der Waals surface area contributed by atoms with Gasteiger partial charge in [-0.15, -0.1) is 0 Å². The van der Waals surface area contributed by atoms with Gasteiger partial charge in [-0.2, -0.15) is 0 Å². The molecule has 1 rings (SSSR count). The molecule has 1 aromatic carbocycles. The highest BCUT2D eigenvalue weighted by Crippen LogP contribution is 2.13. The number of methoxy groups -OCH3 is 1. The van der Waals surface area contributed by atoms with Crippen LogP contribution >= 0.6 is 0 Å². The molecule has 96 valence electrons. The van der Waals surface area contributed by atoms with Crippen LogP contribution in [0.15, 0.2) is 24.3 Å².